The van der Waals surface area contributed by atoms with Crippen molar-refractivity contribution in [2.45, 2.75) is 6.92 Å². The monoisotopic (exact) mass is 506 g/mol. The predicted octanol–water partition coefficient (Wildman–Crippen LogP) is 4.54. The molecule has 3 heterocycles. The van der Waals surface area contributed by atoms with Crippen molar-refractivity contribution in [1.29, 1.82) is 0 Å². The van der Waals surface area contributed by atoms with E-state index < -0.39 is 11.9 Å². The molecule has 0 spiro atoms. The Labute approximate surface area is 207 Å². The SMILES string of the molecule is CNc1sc(-c2ccc(F)o2)c(-c2ccc(OCCN3CCN(C)CC3)c(Cl)c2C)c1C(N)=O. The zero-order chi connectivity index (χ0) is 24.4. The highest BCUT2D eigenvalue weighted by Crippen LogP contribution is 2.48. The molecule has 10 heteroatoms. The van der Waals surface area contributed by atoms with Gasteiger partial charge in [0.25, 0.3) is 11.9 Å². The van der Waals surface area contributed by atoms with Gasteiger partial charge in [-0.2, -0.15) is 4.39 Å². The number of rotatable bonds is 8. The standard InChI is InChI=1S/C24H28ClFN4O3S/c1-14-15(4-5-16(21(14)25)32-13-12-30-10-8-29(3)9-11-30)19-20(23(27)31)24(28-2)34-22(19)17-6-7-18(26)33-17/h4-7,28H,8-13H2,1-3H3,(H2,27,31). The first kappa shape index (κ1) is 24.5. The highest BCUT2D eigenvalue weighted by atomic mass is 35.5. The maximum absolute atomic E-state index is 13.7. The molecule has 7 nitrogen and oxygen atoms in total. The van der Waals surface area contributed by atoms with Crippen molar-refractivity contribution in [2.24, 2.45) is 5.73 Å². The fraction of sp³-hybridized carbons (Fsp3) is 0.375. The Morgan fingerprint density at radius 2 is 2.00 bits per heavy atom. The smallest absolute Gasteiger partial charge is 0.278 e. The van der Waals surface area contributed by atoms with E-state index in [0.717, 1.165) is 38.3 Å². The van der Waals surface area contributed by atoms with Crippen molar-refractivity contribution < 1.29 is 18.3 Å². The van der Waals surface area contributed by atoms with Crippen molar-refractivity contribution in [3.63, 3.8) is 0 Å². The van der Waals surface area contributed by atoms with Crippen LogP contribution in [0, 0.1) is 12.9 Å². The number of primary amides is 1. The number of carbonyl (C=O) groups excluding carboxylic acids is 1. The van der Waals surface area contributed by atoms with Crippen LogP contribution in [0.25, 0.3) is 21.8 Å². The van der Waals surface area contributed by atoms with E-state index in [2.05, 4.69) is 22.2 Å². The lowest BCUT2D eigenvalue weighted by atomic mass is 9.95. The first-order valence-electron chi connectivity index (χ1n) is 11.0. The molecule has 3 aromatic rings. The van der Waals surface area contributed by atoms with Crippen molar-refractivity contribution in [3.8, 4) is 27.5 Å². The van der Waals surface area contributed by atoms with Gasteiger partial charge in [-0.25, -0.2) is 0 Å². The number of nitrogens with one attached hydrogen (secondary N) is 1. The molecule has 1 saturated heterocycles. The fourth-order valence-corrected chi connectivity index (χ4v) is 5.46. The van der Waals surface area contributed by atoms with E-state index in [0.29, 0.717) is 49.7 Å². The van der Waals surface area contributed by atoms with Crippen LogP contribution in [0.3, 0.4) is 0 Å². The molecule has 0 bridgehead atoms. The van der Waals surface area contributed by atoms with Gasteiger partial charge in [0.05, 0.1) is 15.5 Å². The summed E-state index contributed by atoms with van der Waals surface area (Å²) in [7, 11) is 3.83. The van der Waals surface area contributed by atoms with Crippen molar-refractivity contribution in [2.75, 3.05) is 58.7 Å². The van der Waals surface area contributed by atoms with Gasteiger partial charge in [-0.1, -0.05) is 17.7 Å². The number of carbonyl (C=O) groups is 1. The zero-order valence-electron chi connectivity index (χ0n) is 19.4. The lowest BCUT2D eigenvalue weighted by molar-refractivity contribution is 0.100. The first-order valence-corrected chi connectivity index (χ1v) is 12.2. The van der Waals surface area contributed by atoms with Crippen LogP contribution in [0.2, 0.25) is 5.02 Å². The third-order valence-electron chi connectivity index (χ3n) is 6.06. The van der Waals surface area contributed by atoms with Gasteiger partial charge in [-0.15, -0.1) is 11.3 Å². The second-order valence-corrected chi connectivity index (χ2v) is 9.67. The number of benzene rings is 1. The van der Waals surface area contributed by atoms with E-state index in [1.165, 1.54) is 23.5 Å². The molecule has 0 radical (unpaired) electrons. The number of piperazine rings is 1. The summed E-state index contributed by atoms with van der Waals surface area (Å²) in [6.07, 6.45) is 0. The highest BCUT2D eigenvalue weighted by molar-refractivity contribution is 7.20. The zero-order valence-corrected chi connectivity index (χ0v) is 21.0. The van der Waals surface area contributed by atoms with Crippen LogP contribution < -0.4 is 15.8 Å². The molecule has 2 aromatic heterocycles. The number of halogens is 2. The number of thiophene rings is 1. The molecule has 1 aliphatic heterocycles. The minimum atomic E-state index is -0.708. The van der Waals surface area contributed by atoms with Crippen LogP contribution in [0.1, 0.15) is 15.9 Å². The number of hydrogen-bond donors (Lipinski definition) is 2. The van der Waals surface area contributed by atoms with Crippen LogP contribution in [-0.2, 0) is 0 Å². The molecule has 1 fully saturated rings. The summed E-state index contributed by atoms with van der Waals surface area (Å²) >= 11 is 7.98. The average Bonchev–Trinajstić information content (AvgIpc) is 3.41. The van der Waals surface area contributed by atoms with E-state index in [-0.39, 0.29) is 0 Å². The Balaban J connectivity index is 1.65. The van der Waals surface area contributed by atoms with E-state index in [4.69, 9.17) is 26.5 Å². The summed E-state index contributed by atoms with van der Waals surface area (Å²) < 4.78 is 24.9. The second-order valence-electron chi connectivity index (χ2n) is 8.27. The summed E-state index contributed by atoms with van der Waals surface area (Å²) in [5, 5.41) is 4.03. The molecule has 34 heavy (non-hydrogen) atoms. The molecule has 0 atom stereocenters. The minimum Gasteiger partial charge on any atom is -0.491 e. The van der Waals surface area contributed by atoms with Crippen molar-refractivity contribution >= 4 is 33.8 Å². The van der Waals surface area contributed by atoms with Gasteiger partial charge < -0.3 is 25.1 Å². The Kier molecular flexibility index (Phi) is 7.47. The molecule has 4 rings (SSSR count). The molecular weight excluding hydrogens is 479 g/mol. The minimum absolute atomic E-state index is 0.308. The van der Waals surface area contributed by atoms with E-state index in [1.807, 2.05) is 13.0 Å². The predicted molar refractivity (Wildman–Crippen MR) is 135 cm³/mol. The Morgan fingerprint density at radius 1 is 1.26 bits per heavy atom. The number of amides is 1. The number of furan rings is 1. The summed E-state index contributed by atoms with van der Waals surface area (Å²) in [6.45, 7) is 7.34. The third kappa shape index (κ3) is 4.93. The van der Waals surface area contributed by atoms with E-state index in [1.54, 1.807) is 13.1 Å². The number of nitrogens with zero attached hydrogens (tertiary/aromatic N) is 2. The van der Waals surface area contributed by atoms with Crippen LogP contribution in [0.4, 0.5) is 9.39 Å². The lowest BCUT2D eigenvalue weighted by Gasteiger charge is -2.32. The highest BCUT2D eigenvalue weighted by Gasteiger charge is 2.27. The van der Waals surface area contributed by atoms with Gasteiger partial charge in [-0.05, 0) is 37.2 Å². The number of anilines is 1. The van der Waals surface area contributed by atoms with Gasteiger partial charge in [0.1, 0.15) is 23.1 Å². The maximum atomic E-state index is 13.7. The fourth-order valence-electron chi connectivity index (χ4n) is 4.11. The second kappa shape index (κ2) is 10.4. The molecular formula is C24H28ClFN4O3S. The summed E-state index contributed by atoms with van der Waals surface area (Å²) in [6, 6.07) is 5.70. The van der Waals surface area contributed by atoms with Gasteiger partial charge in [0.2, 0.25) is 0 Å². The quantitative estimate of drug-likeness (QED) is 0.466. The number of nitrogens with two attached hydrogens (primary N) is 1. The van der Waals surface area contributed by atoms with Crippen LogP contribution in [-0.4, -0.2) is 69.1 Å². The first-order chi connectivity index (χ1) is 16.3. The van der Waals surface area contributed by atoms with Gasteiger partial charge in [0, 0.05) is 51.4 Å². The molecule has 1 aliphatic rings. The van der Waals surface area contributed by atoms with Crippen LogP contribution in [0.15, 0.2) is 28.7 Å². The topological polar surface area (TPSA) is 84.0 Å². The Morgan fingerprint density at radius 3 is 2.62 bits per heavy atom. The normalized spacial score (nSPS) is 15.0. The van der Waals surface area contributed by atoms with E-state index >= 15 is 0 Å². The number of ether oxygens (including phenoxy) is 1. The van der Waals surface area contributed by atoms with Crippen LogP contribution in [0.5, 0.6) is 5.75 Å². The summed E-state index contributed by atoms with van der Waals surface area (Å²) in [4.78, 5) is 17.7. The van der Waals surface area contributed by atoms with Gasteiger partial charge in [-0.3, -0.25) is 9.69 Å². The Bertz CT molecular complexity index is 1190. The average molecular weight is 507 g/mol. The molecule has 1 aromatic carbocycles. The van der Waals surface area contributed by atoms with Gasteiger partial charge >= 0.3 is 0 Å². The lowest BCUT2D eigenvalue weighted by Crippen LogP contribution is -2.45. The number of likely N-dealkylation sites (N-methyl/N-ethyl adjacent to an activating group) is 1. The molecule has 0 saturated carbocycles. The summed E-state index contributed by atoms with van der Waals surface area (Å²) in [5.41, 5.74) is 8.04. The van der Waals surface area contributed by atoms with Gasteiger partial charge in [0.15, 0.2) is 0 Å². The molecule has 0 unspecified atom stereocenters. The Hall–Kier alpha value is -2.59. The van der Waals surface area contributed by atoms with E-state index in [9.17, 15) is 9.18 Å². The summed E-state index contributed by atoms with van der Waals surface area (Å²) in [5.74, 6) is 0.286. The van der Waals surface area contributed by atoms with Crippen molar-refractivity contribution in [3.05, 3.63) is 46.4 Å². The molecule has 1 amide bonds. The third-order valence-corrected chi connectivity index (χ3v) is 7.75. The largest absolute Gasteiger partial charge is 0.491 e. The number of hydrogen-bond acceptors (Lipinski definition) is 7. The maximum Gasteiger partial charge on any atom is 0.278 e. The van der Waals surface area contributed by atoms with Crippen LogP contribution >= 0.6 is 22.9 Å². The van der Waals surface area contributed by atoms with Crippen molar-refractivity contribution in [1.82, 2.24) is 9.80 Å². The molecule has 0 aliphatic carbocycles. The molecule has 182 valence electrons. The molecule has 3 N–H and O–H groups in total.